The fourth-order valence-electron chi connectivity index (χ4n) is 2.73. The molecule has 0 aliphatic heterocycles. The van der Waals surface area contributed by atoms with Gasteiger partial charge < -0.3 is 14.8 Å². The molecule has 0 aliphatic carbocycles. The van der Waals surface area contributed by atoms with Crippen LogP contribution in [0.3, 0.4) is 0 Å². The average Bonchev–Trinajstić information content (AvgIpc) is 2.71. The zero-order chi connectivity index (χ0) is 23.9. The van der Waals surface area contributed by atoms with E-state index < -0.39 is 34.0 Å². The van der Waals surface area contributed by atoms with Crippen molar-refractivity contribution in [2.45, 2.75) is 37.6 Å². The molecule has 0 saturated carbocycles. The van der Waals surface area contributed by atoms with Gasteiger partial charge in [0.25, 0.3) is 5.91 Å². The van der Waals surface area contributed by atoms with E-state index in [1.807, 2.05) is 0 Å². The van der Waals surface area contributed by atoms with Gasteiger partial charge in [0.2, 0.25) is 10.0 Å². The minimum atomic E-state index is -3.97. The van der Waals surface area contributed by atoms with Gasteiger partial charge in [0.1, 0.15) is 16.5 Å². The molecule has 1 amide bonds. The van der Waals surface area contributed by atoms with E-state index in [2.05, 4.69) is 10.0 Å². The Kier molecular flexibility index (Phi) is 8.34. The smallest absolute Gasteiger partial charge is 0.338 e. The van der Waals surface area contributed by atoms with Crippen LogP contribution in [0.2, 0.25) is 0 Å². The molecule has 0 aromatic heterocycles. The molecule has 0 radical (unpaired) electrons. The van der Waals surface area contributed by atoms with Crippen molar-refractivity contribution >= 4 is 21.9 Å². The van der Waals surface area contributed by atoms with E-state index in [0.717, 1.165) is 11.6 Å². The van der Waals surface area contributed by atoms with Gasteiger partial charge in [0, 0.05) is 12.1 Å². The van der Waals surface area contributed by atoms with Crippen LogP contribution in [-0.4, -0.2) is 46.1 Å². The van der Waals surface area contributed by atoms with Crippen LogP contribution < -0.4 is 14.8 Å². The lowest BCUT2D eigenvalue weighted by Gasteiger charge is -2.21. The Bertz CT molecular complexity index is 1060. The summed E-state index contributed by atoms with van der Waals surface area (Å²) < 4.78 is 50.9. The zero-order valence-electron chi connectivity index (χ0n) is 18.4. The van der Waals surface area contributed by atoms with Crippen molar-refractivity contribution < 1.29 is 31.9 Å². The van der Waals surface area contributed by atoms with Crippen molar-refractivity contribution in [3.05, 3.63) is 59.4 Å². The van der Waals surface area contributed by atoms with Gasteiger partial charge in [-0.3, -0.25) is 4.79 Å². The third-order valence-corrected chi connectivity index (χ3v) is 5.89. The second-order valence-electron chi connectivity index (χ2n) is 8.02. The summed E-state index contributed by atoms with van der Waals surface area (Å²) in [6.45, 7) is 4.81. The van der Waals surface area contributed by atoms with Gasteiger partial charge in [-0.25, -0.2) is 22.3 Å². The van der Waals surface area contributed by atoms with Crippen molar-refractivity contribution in [2.24, 2.45) is 0 Å². The molecule has 2 aromatic rings. The second-order valence-corrected chi connectivity index (χ2v) is 9.67. The molecule has 0 aliphatic rings. The molecular weight excluding hydrogens is 439 g/mol. The maximum absolute atomic E-state index is 12.9. The molecule has 0 atom stereocenters. The van der Waals surface area contributed by atoms with Gasteiger partial charge in [-0.1, -0.05) is 12.1 Å². The number of amides is 1. The van der Waals surface area contributed by atoms with Gasteiger partial charge in [-0.15, -0.1) is 0 Å². The first-order chi connectivity index (χ1) is 14.9. The van der Waals surface area contributed by atoms with Crippen molar-refractivity contribution in [1.29, 1.82) is 0 Å². The van der Waals surface area contributed by atoms with E-state index in [4.69, 9.17) is 9.47 Å². The zero-order valence-corrected chi connectivity index (χ0v) is 19.2. The number of nitrogens with one attached hydrogen (secondary N) is 2. The summed E-state index contributed by atoms with van der Waals surface area (Å²) in [4.78, 5) is 24.1. The van der Waals surface area contributed by atoms with Crippen LogP contribution in [0.4, 0.5) is 4.39 Å². The van der Waals surface area contributed by atoms with Crippen LogP contribution in [0.5, 0.6) is 5.75 Å². The number of ether oxygens (including phenoxy) is 2. The molecule has 0 bridgehead atoms. The number of rotatable bonds is 9. The molecule has 2 aromatic carbocycles. The number of hydrogen-bond donors (Lipinski definition) is 2. The van der Waals surface area contributed by atoms with Gasteiger partial charge in [0.15, 0.2) is 6.61 Å². The summed E-state index contributed by atoms with van der Waals surface area (Å²) in [5, 5.41) is 2.60. The van der Waals surface area contributed by atoms with E-state index in [1.54, 1.807) is 32.9 Å². The van der Waals surface area contributed by atoms with Gasteiger partial charge in [-0.05, 0) is 63.1 Å². The van der Waals surface area contributed by atoms with Crippen LogP contribution in [0.1, 0.15) is 36.7 Å². The maximum atomic E-state index is 12.9. The molecule has 0 heterocycles. The number of sulfonamides is 1. The number of benzene rings is 2. The topological polar surface area (TPSA) is 111 Å². The van der Waals surface area contributed by atoms with Crippen molar-refractivity contribution in [1.82, 2.24) is 10.0 Å². The van der Waals surface area contributed by atoms with E-state index in [1.165, 1.54) is 31.4 Å². The largest absolute Gasteiger partial charge is 0.495 e. The highest BCUT2D eigenvalue weighted by Crippen LogP contribution is 2.26. The Labute approximate surface area is 187 Å². The van der Waals surface area contributed by atoms with Gasteiger partial charge in [0.05, 0.1) is 12.7 Å². The normalized spacial score (nSPS) is 11.7. The maximum Gasteiger partial charge on any atom is 0.338 e. The Balaban J connectivity index is 1.97. The molecule has 32 heavy (non-hydrogen) atoms. The van der Waals surface area contributed by atoms with Crippen LogP contribution >= 0.6 is 0 Å². The highest BCUT2D eigenvalue weighted by molar-refractivity contribution is 7.89. The van der Waals surface area contributed by atoms with Gasteiger partial charge >= 0.3 is 5.97 Å². The second kappa shape index (κ2) is 10.6. The predicted molar refractivity (Wildman–Crippen MR) is 116 cm³/mol. The van der Waals surface area contributed by atoms with E-state index >= 15 is 0 Å². The first-order valence-electron chi connectivity index (χ1n) is 9.81. The quantitative estimate of drug-likeness (QED) is 0.549. The summed E-state index contributed by atoms with van der Waals surface area (Å²) in [5.74, 6) is -1.64. The number of carbonyl (C=O) groups is 2. The third-order valence-electron chi connectivity index (χ3n) is 4.11. The highest BCUT2D eigenvalue weighted by atomic mass is 32.2. The first-order valence-corrected chi connectivity index (χ1v) is 11.3. The van der Waals surface area contributed by atoms with Crippen LogP contribution in [-0.2, 0) is 26.0 Å². The fraction of sp³-hybridized carbons (Fsp3) is 0.364. The summed E-state index contributed by atoms with van der Waals surface area (Å²) in [5.41, 5.74) is 0.0607. The lowest BCUT2D eigenvalue weighted by atomic mass is 10.1. The van der Waals surface area contributed by atoms with Crippen molar-refractivity contribution in [2.75, 3.05) is 20.3 Å². The Morgan fingerprint density at radius 1 is 1.06 bits per heavy atom. The van der Waals surface area contributed by atoms with Crippen LogP contribution in [0.15, 0.2) is 47.4 Å². The Hall–Kier alpha value is -2.98. The summed E-state index contributed by atoms with van der Waals surface area (Å²) in [6.07, 6.45) is 0.487. The lowest BCUT2D eigenvalue weighted by molar-refractivity contribution is -0.124. The molecule has 10 heteroatoms. The standard InChI is InChI=1S/C22H27FN2O6S/c1-22(2,3)25-32(28,29)19-13-16(7-10-18(19)30-4)21(27)31-14-20(26)24-12-11-15-5-8-17(23)9-6-15/h5-10,13,25H,11-12,14H2,1-4H3,(H,24,26). The summed E-state index contributed by atoms with van der Waals surface area (Å²) in [6, 6.07) is 9.73. The molecule has 0 saturated heterocycles. The minimum absolute atomic E-state index is 0.0424. The lowest BCUT2D eigenvalue weighted by Crippen LogP contribution is -2.40. The molecule has 8 nitrogen and oxygen atoms in total. The van der Waals surface area contributed by atoms with Gasteiger partial charge in [-0.2, -0.15) is 0 Å². The molecule has 0 fully saturated rings. The molecule has 0 unspecified atom stereocenters. The molecular formula is C22H27FN2O6S. The van der Waals surface area contributed by atoms with Crippen LogP contribution in [0, 0.1) is 5.82 Å². The summed E-state index contributed by atoms with van der Waals surface area (Å²) in [7, 11) is -2.66. The fourth-order valence-corrected chi connectivity index (χ4v) is 4.35. The highest BCUT2D eigenvalue weighted by Gasteiger charge is 2.26. The molecule has 0 spiro atoms. The molecule has 174 valence electrons. The van der Waals surface area contributed by atoms with Crippen molar-refractivity contribution in [3.63, 3.8) is 0 Å². The SMILES string of the molecule is COc1ccc(C(=O)OCC(=O)NCCc2ccc(F)cc2)cc1S(=O)(=O)NC(C)(C)C. The number of carbonyl (C=O) groups excluding carboxylic acids is 2. The number of esters is 1. The number of halogens is 1. The predicted octanol–water partition coefficient (Wildman–Crippen LogP) is 2.43. The first kappa shape index (κ1) is 25.3. The summed E-state index contributed by atoms with van der Waals surface area (Å²) >= 11 is 0. The van der Waals surface area contributed by atoms with Crippen LogP contribution in [0.25, 0.3) is 0 Å². The van der Waals surface area contributed by atoms with Crippen molar-refractivity contribution in [3.8, 4) is 5.75 Å². The number of methoxy groups -OCH3 is 1. The number of hydrogen-bond acceptors (Lipinski definition) is 6. The monoisotopic (exact) mass is 466 g/mol. The van der Waals surface area contributed by atoms with E-state index in [9.17, 15) is 22.4 Å². The molecule has 2 rings (SSSR count). The van der Waals surface area contributed by atoms with E-state index in [-0.39, 0.29) is 28.6 Å². The Morgan fingerprint density at radius 3 is 2.31 bits per heavy atom. The molecule has 2 N–H and O–H groups in total. The third kappa shape index (κ3) is 7.61. The van der Waals surface area contributed by atoms with E-state index in [0.29, 0.717) is 6.42 Å². The minimum Gasteiger partial charge on any atom is -0.495 e. The average molecular weight is 467 g/mol. The Morgan fingerprint density at radius 2 is 1.72 bits per heavy atom.